The maximum absolute atomic E-state index is 12.2. The number of benzene rings is 2. The molecule has 0 radical (unpaired) electrons. The van der Waals surface area contributed by atoms with Gasteiger partial charge in [-0.2, -0.15) is 0 Å². The minimum absolute atomic E-state index is 0.0869. The highest BCUT2D eigenvalue weighted by atomic mass is 79.9. The molecule has 0 fully saturated rings. The van der Waals surface area contributed by atoms with E-state index in [1.165, 1.54) is 11.8 Å². The molecule has 0 saturated heterocycles. The van der Waals surface area contributed by atoms with Gasteiger partial charge in [-0.1, -0.05) is 28.1 Å². The molecule has 0 atom stereocenters. The molecule has 2 aromatic carbocycles. The molecule has 0 aliphatic heterocycles. The van der Waals surface area contributed by atoms with Crippen LogP contribution in [0.5, 0.6) is 0 Å². The van der Waals surface area contributed by atoms with Gasteiger partial charge in [-0.3, -0.25) is 20.4 Å². The molecule has 3 rings (SSSR count). The van der Waals surface area contributed by atoms with Crippen molar-refractivity contribution >= 4 is 50.5 Å². The van der Waals surface area contributed by atoms with E-state index >= 15 is 0 Å². The van der Waals surface area contributed by atoms with Gasteiger partial charge in [0.15, 0.2) is 0 Å². The van der Waals surface area contributed by atoms with Crippen molar-refractivity contribution in [3.63, 3.8) is 0 Å². The van der Waals surface area contributed by atoms with Crippen LogP contribution in [0.1, 0.15) is 17.0 Å². The van der Waals surface area contributed by atoms with Crippen LogP contribution in [0.4, 0.5) is 0 Å². The molecule has 1 aromatic heterocycles. The van der Waals surface area contributed by atoms with Crippen LogP contribution in [0.2, 0.25) is 0 Å². The van der Waals surface area contributed by atoms with Gasteiger partial charge in [0.1, 0.15) is 5.82 Å². The number of nitrogens with one attached hydrogen (secondary N) is 2. The lowest BCUT2D eigenvalue weighted by atomic mass is 10.2. The number of rotatable bonds is 5. The highest BCUT2D eigenvalue weighted by Crippen LogP contribution is 2.28. The van der Waals surface area contributed by atoms with E-state index in [4.69, 9.17) is 0 Å². The number of amides is 2. The Bertz CT molecular complexity index is 1050. The van der Waals surface area contributed by atoms with E-state index in [-0.39, 0.29) is 24.0 Å². The summed E-state index contributed by atoms with van der Waals surface area (Å²) in [5.41, 5.74) is 8.95. The van der Waals surface area contributed by atoms with Crippen LogP contribution < -0.4 is 10.9 Å². The number of hydrazine groups is 1. The summed E-state index contributed by atoms with van der Waals surface area (Å²) in [6.45, 7) is 4.01. The Morgan fingerprint density at radius 2 is 1.82 bits per heavy atom. The van der Waals surface area contributed by atoms with Gasteiger partial charge in [0, 0.05) is 16.4 Å². The number of fused-ring (bicyclic) bond motifs is 1. The third-order valence-corrected chi connectivity index (χ3v) is 6.37. The minimum atomic E-state index is -0.313. The van der Waals surface area contributed by atoms with E-state index in [9.17, 15) is 9.59 Å². The molecule has 146 valence electrons. The number of carbonyl (C=O) groups is 2. The Balaban J connectivity index is 1.51. The van der Waals surface area contributed by atoms with Gasteiger partial charge in [-0.25, -0.2) is 4.98 Å². The van der Waals surface area contributed by atoms with E-state index in [0.29, 0.717) is 5.82 Å². The minimum Gasteiger partial charge on any atom is -0.331 e. The molecular formula is C20H21BrN4O2S. The van der Waals surface area contributed by atoms with Gasteiger partial charge >= 0.3 is 0 Å². The molecule has 1 heterocycles. The quantitative estimate of drug-likeness (QED) is 0.451. The first-order valence-electron chi connectivity index (χ1n) is 8.72. The first-order chi connectivity index (χ1) is 13.3. The molecule has 2 N–H and O–H groups in total. The van der Waals surface area contributed by atoms with Crippen molar-refractivity contribution in [2.75, 3.05) is 5.75 Å². The van der Waals surface area contributed by atoms with E-state index in [2.05, 4.69) is 31.8 Å². The van der Waals surface area contributed by atoms with Crippen molar-refractivity contribution in [3.05, 3.63) is 57.8 Å². The van der Waals surface area contributed by atoms with Gasteiger partial charge in [0.05, 0.1) is 23.2 Å². The average molecular weight is 461 g/mol. The zero-order chi connectivity index (χ0) is 20.3. The average Bonchev–Trinajstić information content (AvgIpc) is 2.98. The number of imidazole rings is 1. The molecule has 0 aliphatic carbocycles. The van der Waals surface area contributed by atoms with E-state index in [0.717, 1.165) is 31.5 Å². The van der Waals surface area contributed by atoms with E-state index < -0.39 is 0 Å². The topological polar surface area (TPSA) is 76.0 Å². The van der Waals surface area contributed by atoms with Crippen LogP contribution in [0.15, 0.2) is 45.8 Å². The Labute approximate surface area is 176 Å². The summed E-state index contributed by atoms with van der Waals surface area (Å²) < 4.78 is 2.93. The van der Waals surface area contributed by atoms with Gasteiger partial charge in [0.2, 0.25) is 11.8 Å². The fourth-order valence-electron chi connectivity index (χ4n) is 2.77. The molecule has 3 aromatic rings. The molecule has 2 amide bonds. The largest absolute Gasteiger partial charge is 0.331 e. The van der Waals surface area contributed by atoms with Crippen LogP contribution in [0.25, 0.3) is 11.0 Å². The summed E-state index contributed by atoms with van der Waals surface area (Å²) in [5, 5.41) is 0. The number of aromatic nitrogens is 2. The molecule has 0 bridgehead atoms. The highest BCUT2D eigenvalue weighted by molar-refractivity contribution is 9.10. The summed E-state index contributed by atoms with van der Waals surface area (Å²) in [5.74, 6) is 0.285. The van der Waals surface area contributed by atoms with Crippen molar-refractivity contribution < 1.29 is 9.59 Å². The van der Waals surface area contributed by atoms with Crippen LogP contribution in [0.3, 0.4) is 0 Å². The Kier molecular flexibility index (Phi) is 6.41. The Hall–Kier alpha value is -2.32. The predicted molar refractivity (Wildman–Crippen MR) is 115 cm³/mol. The first-order valence-corrected chi connectivity index (χ1v) is 10.5. The second-order valence-corrected chi connectivity index (χ2v) is 8.38. The lowest BCUT2D eigenvalue weighted by molar-refractivity contribution is -0.127. The van der Waals surface area contributed by atoms with Crippen molar-refractivity contribution in [2.45, 2.75) is 25.2 Å². The second-order valence-electron chi connectivity index (χ2n) is 6.50. The molecule has 0 spiro atoms. The summed E-state index contributed by atoms with van der Waals surface area (Å²) in [6.07, 6.45) is 0.0869. The highest BCUT2D eigenvalue weighted by Gasteiger charge is 2.13. The molecule has 28 heavy (non-hydrogen) atoms. The van der Waals surface area contributed by atoms with Crippen LogP contribution >= 0.6 is 27.7 Å². The summed E-state index contributed by atoms with van der Waals surface area (Å²) in [6, 6.07) is 11.8. The van der Waals surface area contributed by atoms with Crippen molar-refractivity contribution in [1.29, 1.82) is 0 Å². The third kappa shape index (κ3) is 4.74. The fraction of sp³-hybridized carbons (Fsp3) is 0.250. The van der Waals surface area contributed by atoms with Crippen molar-refractivity contribution in [3.8, 4) is 0 Å². The number of aryl methyl sites for hydroxylation is 3. The molecule has 6 nitrogen and oxygen atoms in total. The van der Waals surface area contributed by atoms with Gasteiger partial charge in [0.25, 0.3) is 0 Å². The second kappa shape index (κ2) is 8.79. The smallest absolute Gasteiger partial charge is 0.248 e. The summed E-state index contributed by atoms with van der Waals surface area (Å²) in [7, 11) is 1.87. The number of hydrogen-bond donors (Lipinski definition) is 2. The standard InChI is InChI=1S/C20H21BrN4O2S/c1-12-9-17(13(2)8-14(12)21)28-11-20(27)24-23-19(26)10-18-22-15-6-4-5-7-16(15)25(18)3/h4-9H,10-11H2,1-3H3,(H,23,26)(H,24,27). The number of hydrogen-bond acceptors (Lipinski definition) is 4. The maximum Gasteiger partial charge on any atom is 0.248 e. The maximum atomic E-state index is 12.2. The summed E-state index contributed by atoms with van der Waals surface area (Å²) in [4.78, 5) is 29.7. The fourth-order valence-corrected chi connectivity index (χ4v) is 4.13. The molecule has 0 aliphatic rings. The third-order valence-electron chi connectivity index (χ3n) is 4.35. The lowest BCUT2D eigenvalue weighted by Crippen LogP contribution is -2.43. The Morgan fingerprint density at radius 1 is 1.11 bits per heavy atom. The monoisotopic (exact) mass is 460 g/mol. The number of nitrogens with zero attached hydrogens (tertiary/aromatic N) is 2. The lowest BCUT2D eigenvalue weighted by Gasteiger charge is -2.10. The summed E-state index contributed by atoms with van der Waals surface area (Å²) >= 11 is 4.94. The molecule has 8 heteroatoms. The number of para-hydroxylation sites is 2. The molecular weight excluding hydrogens is 440 g/mol. The predicted octanol–water partition coefficient (Wildman–Crippen LogP) is 3.43. The van der Waals surface area contributed by atoms with Crippen molar-refractivity contribution in [2.24, 2.45) is 7.05 Å². The van der Waals surface area contributed by atoms with Gasteiger partial charge in [-0.05, 0) is 49.2 Å². The number of carbonyl (C=O) groups excluding carboxylic acids is 2. The zero-order valence-corrected chi connectivity index (χ0v) is 18.3. The molecule has 0 unspecified atom stereocenters. The van der Waals surface area contributed by atoms with Gasteiger partial charge < -0.3 is 4.57 Å². The van der Waals surface area contributed by atoms with E-state index in [1.54, 1.807) is 0 Å². The number of thioether (sulfide) groups is 1. The Morgan fingerprint density at radius 3 is 2.57 bits per heavy atom. The van der Waals surface area contributed by atoms with Crippen LogP contribution in [-0.2, 0) is 23.1 Å². The normalized spacial score (nSPS) is 10.9. The number of halogens is 1. The first kappa shape index (κ1) is 20.4. The van der Waals surface area contributed by atoms with Crippen LogP contribution in [0, 0.1) is 13.8 Å². The van der Waals surface area contributed by atoms with E-state index in [1.807, 2.05) is 61.9 Å². The molecule has 0 saturated carbocycles. The SMILES string of the molecule is Cc1cc(SCC(=O)NNC(=O)Cc2nc3ccccc3n2C)c(C)cc1Br. The van der Waals surface area contributed by atoms with Crippen LogP contribution in [-0.4, -0.2) is 27.1 Å². The van der Waals surface area contributed by atoms with Gasteiger partial charge in [-0.15, -0.1) is 11.8 Å². The van der Waals surface area contributed by atoms with Crippen molar-refractivity contribution in [1.82, 2.24) is 20.4 Å². The zero-order valence-electron chi connectivity index (χ0n) is 15.9.